The molecule has 1 fully saturated rings. The van der Waals surface area contributed by atoms with Gasteiger partial charge in [-0.25, -0.2) is 0 Å². The van der Waals surface area contributed by atoms with Crippen molar-refractivity contribution in [1.29, 1.82) is 0 Å². The zero-order valence-electron chi connectivity index (χ0n) is 9.51. The molecule has 1 heterocycles. The molecule has 1 saturated carbocycles. The van der Waals surface area contributed by atoms with Crippen LogP contribution in [0.3, 0.4) is 0 Å². The molecule has 0 radical (unpaired) electrons. The fourth-order valence-electron chi connectivity index (χ4n) is 2.10. The highest BCUT2D eigenvalue weighted by Crippen LogP contribution is 2.53. The summed E-state index contributed by atoms with van der Waals surface area (Å²) in [7, 11) is 1.66. The molecule has 2 aromatic rings. The molecule has 0 spiro atoms. The van der Waals surface area contributed by atoms with Crippen LogP contribution in [-0.2, 0) is 5.41 Å². The Labute approximate surface area is 98.6 Å². The number of nitrogens with two attached hydrogens (primary N) is 1. The van der Waals surface area contributed by atoms with Gasteiger partial charge in [-0.1, -0.05) is 17.2 Å². The third-order valence-corrected chi connectivity index (χ3v) is 3.22. The fraction of sp³-hybridized carbons (Fsp3) is 0.333. The molecule has 1 aliphatic rings. The molecule has 0 saturated heterocycles. The van der Waals surface area contributed by atoms with Crippen molar-refractivity contribution in [3.8, 4) is 5.75 Å². The van der Waals surface area contributed by atoms with E-state index in [4.69, 9.17) is 14.9 Å². The van der Waals surface area contributed by atoms with E-state index < -0.39 is 0 Å². The number of nitrogens with zero attached hydrogens (tertiary/aromatic N) is 2. The molecule has 0 bridgehead atoms. The Bertz CT molecular complexity index is 546. The summed E-state index contributed by atoms with van der Waals surface area (Å²) >= 11 is 0. The first-order chi connectivity index (χ1) is 8.24. The monoisotopic (exact) mass is 231 g/mol. The van der Waals surface area contributed by atoms with Gasteiger partial charge in [0.2, 0.25) is 5.89 Å². The van der Waals surface area contributed by atoms with Gasteiger partial charge in [0.25, 0.3) is 0 Å². The fourth-order valence-corrected chi connectivity index (χ4v) is 2.10. The maximum atomic E-state index is 5.47. The van der Waals surface area contributed by atoms with Crippen molar-refractivity contribution in [3.05, 3.63) is 35.7 Å². The molecule has 0 amide bonds. The van der Waals surface area contributed by atoms with Crippen LogP contribution in [0.2, 0.25) is 0 Å². The number of benzene rings is 1. The highest BCUT2D eigenvalue weighted by molar-refractivity contribution is 5.42. The van der Waals surface area contributed by atoms with E-state index in [-0.39, 0.29) is 11.4 Å². The van der Waals surface area contributed by atoms with Crippen LogP contribution >= 0.6 is 0 Å². The number of rotatable bonds is 3. The van der Waals surface area contributed by atoms with Crippen LogP contribution in [0, 0.1) is 0 Å². The molecule has 88 valence electrons. The Balaban J connectivity index is 2.02. The van der Waals surface area contributed by atoms with Gasteiger partial charge in [0.1, 0.15) is 5.75 Å². The van der Waals surface area contributed by atoms with Gasteiger partial charge in [-0.2, -0.15) is 0 Å². The Morgan fingerprint density at radius 3 is 2.76 bits per heavy atom. The number of hydrogen-bond donors (Lipinski definition) is 1. The van der Waals surface area contributed by atoms with Gasteiger partial charge in [0.15, 0.2) is 0 Å². The van der Waals surface area contributed by atoms with E-state index in [1.807, 2.05) is 18.2 Å². The molecular weight excluding hydrogens is 218 g/mol. The van der Waals surface area contributed by atoms with Gasteiger partial charge in [-0.3, -0.25) is 0 Å². The first-order valence-corrected chi connectivity index (χ1v) is 5.48. The second-order valence-corrected chi connectivity index (χ2v) is 4.26. The lowest BCUT2D eigenvalue weighted by atomic mass is 9.96. The number of anilines is 1. The van der Waals surface area contributed by atoms with Gasteiger partial charge in [-0.05, 0) is 30.5 Å². The summed E-state index contributed by atoms with van der Waals surface area (Å²) in [5, 5.41) is 7.72. The maximum absolute atomic E-state index is 5.47. The van der Waals surface area contributed by atoms with Gasteiger partial charge in [-0.15, -0.1) is 5.10 Å². The molecule has 1 aliphatic carbocycles. The van der Waals surface area contributed by atoms with Gasteiger partial charge < -0.3 is 14.9 Å². The Hall–Kier alpha value is -2.04. The number of ether oxygens (including phenoxy) is 1. The van der Waals surface area contributed by atoms with E-state index in [2.05, 4.69) is 16.3 Å². The minimum absolute atomic E-state index is 0.120. The lowest BCUT2D eigenvalue weighted by Crippen LogP contribution is -2.09. The van der Waals surface area contributed by atoms with Gasteiger partial charge >= 0.3 is 6.01 Å². The smallest absolute Gasteiger partial charge is 0.312 e. The van der Waals surface area contributed by atoms with Gasteiger partial charge in [0.05, 0.1) is 12.5 Å². The summed E-state index contributed by atoms with van der Waals surface area (Å²) in [6.45, 7) is 0. The minimum Gasteiger partial charge on any atom is -0.497 e. The first-order valence-electron chi connectivity index (χ1n) is 5.48. The van der Waals surface area contributed by atoms with Crippen molar-refractivity contribution in [2.24, 2.45) is 0 Å². The number of nitrogen functional groups attached to an aromatic ring is 1. The highest BCUT2D eigenvalue weighted by Gasteiger charge is 2.50. The second-order valence-electron chi connectivity index (χ2n) is 4.26. The van der Waals surface area contributed by atoms with Crippen molar-refractivity contribution in [2.75, 3.05) is 12.8 Å². The van der Waals surface area contributed by atoms with Crippen molar-refractivity contribution in [2.45, 2.75) is 18.3 Å². The molecule has 0 unspecified atom stereocenters. The summed E-state index contributed by atoms with van der Waals surface area (Å²) in [5.41, 5.74) is 6.46. The van der Waals surface area contributed by atoms with Crippen LogP contribution in [-0.4, -0.2) is 17.3 Å². The zero-order valence-corrected chi connectivity index (χ0v) is 9.51. The quantitative estimate of drug-likeness (QED) is 0.870. The van der Waals surface area contributed by atoms with Crippen LogP contribution < -0.4 is 10.5 Å². The molecule has 17 heavy (non-hydrogen) atoms. The van der Waals surface area contributed by atoms with E-state index in [0.717, 1.165) is 24.2 Å². The maximum Gasteiger partial charge on any atom is 0.312 e. The molecule has 5 nitrogen and oxygen atoms in total. The molecule has 5 heteroatoms. The van der Waals surface area contributed by atoms with Crippen molar-refractivity contribution < 1.29 is 9.15 Å². The molecule has 3 rings (SSSR count). The standard InChI is InChI=1S/C12H13N3O2/c1-16-9-4-2-3-8(7-9)12(5-6-12)10-14-15-11(13)17-10/h2-4,7H,5-6H2,1H3,(H2,13,15). The molecule has 2 N–H and O–H groups in total. The molecular formula is C12H13N3O2. The van der Waals surface area contributed by atoms with Crippen LogP contribution in [0.4, 0.5) is 6.01 Å². The predicted molar refractivity (Wildman–Crippen MR) is 61.7 cm³/mol. The van der Waals surface area contributed by atoms with E-state index in [0.29, 0.717) is 5.89 Å². The van der Waals surface area contributed by atoms with Crippen molar-refractivity contribution in [1.82, 2.24) is 10.2 Å². The Kier molecular flexibility index (Phi) is 2.07. The average Bonchev–Trinajstić information content (AvgIpc) is 3.07. The van der Waals surface area contributed by atoms with Crippen LogP contribution in [0.15, 0.2) is 28.7 Å². The van der Waals surface area contributed by atoms with E-state index in [9.17, 15) is 0 Å². The van der Waals surface area contributed by atoms with Crippen LogP contribution in [0.25, 0.3) is 0 Å². The van der Waals surface area contributed by atoms with Crippen LogP contribution in [0.1, 0.15) is 24.3 Å². The topological polar surface area (TPSA) is 74.2 Å². The normalized spacial score (nSPS) is 16.8. The average molecular weight is 231 g/mol. The summed E-state index contributed by atoms with van der Waals surface area (Å²) in [4.78, 5) is 0. The summed E-state index contributed by atoms with van der Waals surface area (Å²) in [6, 6.07) is 8.06. The number of methoxy groups -OCH3 is 1. The van der Waals surface area contributed by atoms with Crippen molar-refractivity contribution >= 4 is 6.01 Å². The summed E-state index contributed by atoms with van der Waals surface area (Å²) in [6.07, 6.45) is 2.00. The second kappa shape index (κ2) is 3.48. The van der Waals surface area contributed by atoms with Gasteiger partial charge in [0, 0.05) is 0 Å². The molecule has 0 atom stereocenters. The third-order valence-electron chi connectivity index (χ3n) is 3.22. The summed E-state index contributed by atoms with van der Waals surface area (Å²) < 4.78 is 10.6. The van der Waals surface area contributed by atoms with E-state index in [1.54, 1.807) is 7.11 Å². The molecule has 1 aromatic heterocycles. The SMILES string of the molecule is COc1cccc(C2(c3nnc(N)o3)CC2)c1. The first kappa shape index (κ1) is 10.1. The molecule has 0 aliphatic heterocycles. The lowest BCUT2D eigenvalue weighted by Gasteiger charge is -2.11. The lowest BCUT2D eigenvalue weighted by molar-refractivity contribution is 0.413. The molecule has 1 aromatic carbocycles. The van der Waals surface area contributed by atoms with Crippen LogP contribution in [0.5, 0.6) is 5.75 Å². The number of aromatic nitrogens is 2. The highest BCUT2D eigenvalue weighted by atomic mass is 16.5. The predicted octanol–water partition coefficient (Wildman–Crippen LogP) is 1.74. The van der Waals surface area contributed by atoms with E-state index >= 15 is 0 Å². The van der Waals surface area contributed by atoms with E-state index in [1.165, 1.54) is 0 Å². The third kappa shape index (κ3) is 1.54. The zero-order chi connectivity index (χ0) is 11.9. The number of hydrogen-bond acceptors (Lipinski definition) is 5. The Morgan fingerprint density at radius 1 is 1.35 bits per heavy atom. The Morgan fingerprint density at radius 2 is 2.18 bits per heavy atom. The largest absolute Gasteiger partial charge is 0.497 e. The summed E-state index contributed by atoms with van der Waals surface area (Å²) in [5.74, 6) is 1.43. The minimum atomic E-state index is -0.154. The van der Waals surface area contributed by atoms with Crippen molar-refractivity contribution in [3.63, 3.8) is 0 Å².